The zero-order valence-electron chi connectivity index (χ0n) is 13.6. The topological polar surface area (TPSA) is 75.7 Å². The van der Waals surface area contributed by atoms with Crippen molar-refractivity contribution in [1.29, 1.82) is 0 Å². The zero-order chi connectivity index (χ0) is 16.9. The van der Waals surface area contributed by atoms with Gasteiger partial charge in [0.05, 0.1) is 12.9 Å². The highest BCUT2D eigenvalue weighted by molar-refractivity contribution is 7.88. The Bertz CT molecular complexity index is 628. The SMILES string of the molecule is CCOCc1ccc(CNC(=O)[C@@H]2CCCN2S(C)(=O)=O)cc1. The minimum absolute atomic E-state index is 0.230. The maximum atomic E-state index is 12.2. The van der Waals surface area contributed by atoms with Gasteiger partial charge in [0.2, 0.25) is 15.9 Å². The molecule has 0 unspecified atom stereocenters. The van der Waals surface area contributed by atoms with Crippen molar-refractivity contribution < 1.29 is 17.9 Å². The van der Waals surface area contributed by atoms with Gasteiger partial charge in [-0.2, -0.15) is 4.31 Å². The average Bonchev–Trinajstić information content (AvgIpc) is 3.01. The van der Waals surface area contributed by atoms with E-state index in [0.717, 1.165) is 23.8 Å². The lowest BCUT2D eigenvalue weighted by molar-refractivity contribution is -0.124. The predicted octanol–water partition coefficient (Wildman–Crippen LogP) is 1.26. The molecule has 0 radical (unpaired) electrons. The molecule has 1 saturated heterocycles. The second-order valence-corrected chi connectivity index (χ2v) is 7.64. The molecule has 0 saturated carbocycles. The Balaban J connectivity index is 1.89. The van der Waals surface area contributed by atoms with Crippen molar-refractivity contribution >= 4 is 15.9 Å². The molecular weight excluding hydrogens is 316 g/mol. The number of carbonyl (C=O) groups excluding carboxylic acids is 1. The Labute approximate surface area is 137 Å². The van der Waals surface area contributed by atoms with Crippen LogP contribution in [0.4, 0.5) is 0 Å². The van der Waals surface area contributed by atoms with Gasteiger partial charge in [-0.15, -0.1) is 0 Å². The third-order valence-corrected chi connectivity index (χ3v) is 5.18. The van der Waals surface area contributed by atoms with Gasteiger partial charge in [-0.05, 0) is 30.9 Å². The Morgan fingerprint density at radius 2 is 1.96 bits per heavy atom. The second-order valence-electron chi connectivity index (χ2n) is 5.70. The molecule has 1 N–H and O–H groups in total. The van der Waals surface area contributed by atoms with Crippen LogP contribution >= 0.6 is 0 Å². The molecule has 1 aromatic rings. The van der Waals surface area contributed by atoms with Gasteiger partial charge in [0.15, 0.2) is 0 Å². The van der Waals surface area contributed by atoms with Gasteiger partial charge in [-0.25, -0.2) is 8.42 Å². The molecule has 1 fully saturated rings. The standard InChI is InChI=1S/C16H24N2O4S/c1-3-22-12-14-8-6-13(7-9-14)11-17-16(19)15-5-4-10-18(15)23(2,20)21/h6-9,15H,3-5,10-12H2,1-2H3,(H,17,19)/t15-/m0/s1. The van der Waals surface area contributed by atoms with Gasteiger partial charge < -0.3 is 10.1 Å². The summed E-state index contributed by atoms with van der Waals surface area (Å²) in [6.45, 7) is 4.02. The van der Waals surface area contributed by atoms with Crippen LogP contribution in [0.25, 0.3) is 0 Å². The Kier molecular flexibility index (Phi) is 6.15. The molecule has 2 rings (SSSR count). The summed E-state index contributed by atoms with van der Waals surface area (Å²) < 4.78 is 30.0. The summed E-state index contributed by atoms with van der Waals surface area (Å²) in [5, 5.41) is 2.83. The number of nitrogens with zero attached hydrogens (tertiary/aromatic N) is 1. The van der Waals surface area contributed by atoms with Crippen LogP contribution in [-0.2, 0) is 32.7 Å². The van der Waals surface area contributed by atoms with Gasteiger partial charge >= 0.3 is 0 Å². The molecule has 128 valence electrons. The van der Waals surface area contributed by atoms with Crippen molar-refractivity contribution in [2.45, 2.75) is 39.0 Å². The summed E-state index contributed by atoms with van der Waals surface area (Å²) in [7, 11) is -3.34. The maximum Gasteiger partial charge on any atom is 0.238 e. The van der Waals surface area contributed by atoms with E-state index in [1.807, 2.05) is 31.2 Å². The van der Waals surface area contributed by atoms with Crippen molar-refractivity contribution in [3.63, 3.8) is 0 Å². The van der Waals surface area contributed by atoms with Crippen LogP contribution in [0.3, 0.4) is 0 Å². The van der Waals surface area contributed by atoms with Crippen molar-refractivity contribution in [2.75, 3.05) is 19.4 Å². The predicted molar refractivity (Wildman–Crippen MR) is 88.2 cm³/mol. The van der Waals surface area contributed by atoms with Crippen LogP contribution in [0.5, 0.6) is 0 Å². The van der Waals surface area contributed by atoms with E-state index in [-0.39, 0.29) is 5.91 Å². The Morgan fingerprint density at radius 3 is 2.57 bits per heavy atom. The molecule has 6 nitrogen and oxygen atoms in total. The first-order chi connectivity index (χ1) is 10.9. The molecule has 1 amide bonds. The third kappa shape index (κ3) is 5.02. The van der Waals surface area contributed by atoms with Crippen LogP contribution in [0.2, 0.25) is 0 Å². The summed E-state index contributed by atoms with van der Waals surface area (Å²) in [6.07, 6.45) is 2.44. The quantitative estimate of drug-likeness (QED) is 0.811. The number of rotatable bonds is 7. The fourth-order valence-electron chi connectivity index (χ4n) is 2.68. The van der Waals surface area contributed by atoms with E-state index in [1.54, 1.807) is 0 Å². The molecule has 0 aromatic heterocycles. The van der Waals surface area contributed by atoms with Crippen LogP contribution in [0.15, 0.2) is 24.3 Å². The van der Waals surface area contributed by atoms with E-state index in [9.17, 15) is 13.2 Å². The molecule has 0 bridgehead atoms. The van der Waals surface area contributed by atoms with Crippen LogP contribution in [-0.4, -0.2) is 44.1 Å². The highest BCUT2D eigenvalue weighted by Gasteiger charge is 2.36. The molecule has 1 aliphatic rings. The first-order valence-electron chi connectivity index (χ1n) is 7.82. The normalized spacial score (nSPS) is 19.0. The monoisotopic (exact) mass is 340 g/mol. The van der Waals surface area contributed by atoms with Crippen molar-refractivity contribution in [2.24, 2.45) is 0 Å². The van der Waals surface area contributed by atoms with Crippen LogP contribution in [0, 0.1) is 0 Å². The first-order valence-corrected chi connectivity index (χ1v) is 9.66. The van der Waals surface area contributed by atoms with Crippen molar-refractivity contribution in [3.05, 3.63) is 35.4 Å². The van der Waals surface area contributed by atoms with E-state index in [0.29, 0.717) is 32.7 Å². The molecule has 0 aliphatic carbocycles. The van der Waals surface area contributed by atoms with E-state index in [1.165, 1.54) is 4.31 Å². The number of ether oxygens (including phenoxy) is 1. The van der Waals surface area contributed by atoms with E-state index >= 15 is 0 Å². The molecule has 23 heavy (non-hydrogen) atoms. The number of benzene rings is 1. The molecule has 1 aromatic carbocycles. The third-order valence-electron chi connectivity index (χ3n) is 3.89. The van der Waals surface area contributed by atoms with Gasteiger partial charge in [0.25, 0.3) is 0 Å². The van der Waals surface area contributed by atoms with Crippen molar-refractivity contribution in [1.82, 2.24) is 9.62 Å². The summed E-state index contributed by atoms with van der Waals surface area (Å²) in [6, 6.07) is 7.24. The molecule has 1 heterocycles. The lowest BCUT2D eigenvalue weighted by Crippen LogP contribution is -2.45. The number of carbonyl (C=O) groups is 1. The fourth-order valence-corrected chi connectivity index (χ4v) is 3.80. The number of nitrogens with one attached hydrogen (secondary N) is 1. The molecule has 0 spiro atoms. The van der Waals surface area contributed by atoms with Gasteiger partial charge in [-0.3, -0.25) is 4.79 Å². The number of hydrogen-bond donors (Lipinski definition) is 1. The molecule has 1 aliphatic heterocycles. The lowest BCUT2D eigenvalue weighted by atomic mass is 10.1. The van der Waals surface area contributed by atoms with Crippen molar-refractivity contribution in [3.8, 4) is 0 Å². The van der Waals surface area contributed by atoms with Gasteiger partial charge in [0.1, 0.15) is 6.04 Å². The highest BCUT2D eigenvalue weighted by atomic mass is 32.2. The largest absolute Gasteiger partial charge is 0.377 e. The zero-order valence-corrected chi connectivity index (χ0v) is 14.4. The molecular formula is C16H24N2O4S. The molecule has 1 atom stereocenters. The smallest absolute Gasteiger partial charge is 0.238 e. The van der Waals surface area contributed by atoms with Gasteiger partial charge in [-0.1, -0.05) is 24.3 Å². The van der Waals surface area contributed by atoms with E-state index in [4.69, 9.17) is 4.74 Å². The lowest BCUT2D eigenvalue weighted by Gasteiger charge is -2.21. The maximum absolute atomic E-state index is 12.2. The number of sulfonamides is 1. The fraction of sp³-hybridized carbons (Fsp3) is 0.562. The minimum atomic E-state index is -3.34. The summed E-state index contributed by atoms with van der Waals surface area (Å²) >= 11 is 0. The van der Waals surface area contributed by atoms with Gasteiger partial charge in [0, 0.05) is 19.7 Å². The highest BCUT2D eigenvalue weighted by Crippen LogP contribution is 2.20. The summed E-state index contributed by atoms with van der Waals surface area (Å²) in [5.74, 6) is -0.230. The average molecular weight is 340 g/mol. The van der Waals surface area contributed by atoms with Crippen LogP contribution < -0.4 is 5.32 Å². The van der Waals surface area contributed by atoms with E-state index < -0.39 is 16.1 Å². The summed E-state index contributed by atoms with van der Waals surface area (Å²) in [4.78, 5) is 12.2. The Morgan fingerprint density at radius 1 is 1.30 bits per heavy atom. The second kappa shape index (κ2) is 7.90. The summed E-state index contributed by atoms with van der Waals surface area (Å²) in [5.41, 5.74) is 2.06. The Hall–Kier alpha value is -1.44. The van der Waals surface area contributed by atoms with Crippen LogP contribution in [0.1, 0.15) is 30.9 Å². The molecule has 7 heteroatoms. The number of amides is 1. The number of hydrogen-bond acceptors (Lipinski definition) is 4. The minimum Gasteiger partial charge on any atom is -0.377 e. The first kappa shape index (κ1) is 17.9. The van der Waals surface area contributed by atoms with E-state index in [2.05, 4.69) is 5.32 Å².